The van der Waals surface area contributed by atoms with Crippen molar-refractivity contribution in [3.63, 3.8) is 0 Å². The zero-order chi connectivity index (χ0) is 12.3. The van der Waals surface area contributed by atoms with E-state index in [0.29, 0.717) is 6.54 Å². The van der Waals surface area contributed by atoms with E-state index in [2.05, 4.69) is 13.8 Å². The molecule has 0 fully saturated rings. The van der Waals surface area contributed by atoms with Crippen molar-refractivity contribution in [1.29, 1.82) is 0 Å². The Hall–Kier alpha value is -0.380. The first kappa shape index (κ1) is 14.6. The summed E-state index contributed by atoms with van der Waals surface area (Å²) in [7, 11) is 0. The largest absolute Gasteiger partial charge is 0.465 e. The van der Waals surface area contributed by atoms with Crippen LogP contribution in [0.15, 0.2) is 0 Å². The smallest absolute Gasteiger partial charge is 0.407 e. The van der Waals surface area contributed by atoms with E-state index in [1.807, 2.05) is 27.0 Å². The second-order valence-electron chi connectivity index (χ2n) is 5.64. The third kappa shape index (κ3) is 5.30. The van der Waals surface area contributed by atoms with Crippen molar-refractivity contribution in [1.82, 2.24) is 4.90 Å². The Labute approximate surface area is 97.2 Å². The minimum absolute atomic E-state index is 0.0189. The predicted octanol–water partition coefficient (Wildman–Crippen LogP) is 3.15. The third-order valence-electron chi connectivity index (χ3n) is 2.16. The molecule has 0 saturated carbocycles. The number of amides is 1. The van der Waals surface area contributed by atoms with Crippen molar-refractivity contribution in [3.05, 3.63) is 0 Å². The Kier molecular flexibility index (Phi) is 4.97. The van der Waals surface area contributed by atoms with Gasteiger partial charge < -0.3 is 10.0 Å². The van der Waals surface area contributed by atoms with E-state index >= 15 is 0 Å². The molecule has 0 unspecified atom stereocenters. The van der Waals surface area contributed by atoms with E-state index in [0.717, 1.165) is 5.75 Å². The maximum Gasteiger partial charge on any atom is 0.407 e. The first-order valence-electron chi connectivity index (χ1n) is 5.10. The molecule has 0 heterocycles. The van der Waals surface area contributed by atoms with Crippen LogP contribution in [0.5, 0.6) is 0 Å². The number of hydrogen-bond acceptors (Lipinski definition) is 2. The molecule has 0 radical (unpaired) electrons. The first-order valence-corrected chi connectivity index (χ1v) is 6.49. The van der Waals surface area contributed by atoms with Crippen LogP contribution in [-0.2, 0) is 0 Å². The Morgan fingerprint density at radius 2 is 1.73 bits per heavy atom. The van der Waals surface area contributed by atoms with E-state index in [4.69, 9.17) is 5.11 Å². The highest BCUT2D eigenvalue weighted by molar-refractivity contribution is 7.98. The molecule has 0 aromatic rings. The van der Waals surface area contributed by atoms with Crippen molar-refractivity contribution in [2.24, 2.45) is 5.41 Å². The lowest BCUT2D eigenvalue weighted by molar-refractivity contribution is 0.0778. The number of carboxylic acid groups (broad SMARTS) is 1. The highest BCUT2D eigenvalue weighted by Gasteiger charge is 2.31. The molecule has 1 N–H and O–H groups in total. The summed E-state index contributed by atoms with van der Waals surface area (Å²) in [5, 5.41) is 9.16. The monoisotopic (exact) mass is 233 g/mol. The quantitative estimate of drug-likeness (QED) is 0.811. The summed E-state index contributed by atoms with van der Waals surface area (Å²) >= 11 is 1.75. The third-order valence-corrected chi connectivity index (χ3v) is 3.23. The van der Waals surface area contributed by atoms with Gasteiger partial charge in [-0.05, 0) is 38.2 Å². The summed E-state index contributed by atoms with van der Waals surface area (Å²) in [4.78, 5) is 12.7. The Balaban J connectivity index is 4.63. The van der Waals surface area contributed by atoms with E-state index in [1.165, 1.54) is 4.90 Å². The zero-order valence-electron chi connectivity index (χ0n) is 10.6. The molecule has 15 heavy (non-hydrogen) atoms. The van der Waals surface area contributed by atoms with E-state index in [9.17, 15) is 4.79 Å². The summed E-state index contributed by atoms with van der Waals surface area (Å²) in [5.74, 6) is 0.965. The Morgan fingerprint density at radius 3 is 2.00 bits per heavy atom. The number of nitrogens with zero attached hydrogens (tertiary/aromatic N) is 1. The average molecular weight is 233 g/mol. The van der Waals surface area contributed by atoms with Crippen molar-refractivity contribution in [3.8, 4) is 0 Å². The van der Waals surface area contributed by atoms with Crippen LogP contribution in [0.25, 0.3) is 0 Å². The second kappa shape index (κ2) is 5.10. The van der Waals surface area contributed by atoms with Gasteiger partial charge >= 0.3 is 6.09 Å². The van der Waals surface area contributed by atoms with Crippen LogP contribution in [0, 0.1) is 5.41 Å². The molecule has 3 nitrogen and oxygen atoms in total. The molecule has 0 rings (SSSR count). The fraction of sp³-hybridized carbons (Fsp3) is 0.909. The Bertz CT molecular complexity index is 221. The average Bonchev–Trinajstić information content (AvgIpc) is 1.97. The molecule has 0 bridgehead atoms. The number of hydrogen-bond donors (Lipinski definition) is 1. The van der Waals surface area contributed by atoms with Gasteiger partial charge in [-0.15, -0.1) is 0 Å². The highest BCUT2D eigenvalue weighted by atomic mass is 32.2. The molecule has 90 valence electrons. The SMILES string of the molecule is CSCC(C)(C)CN(C(=O)O)C(C)(C)C. The summed E-state index contributed by atoms with van der Waals surface area (Å²) < 4.78 is 0. The van der Waals surface area contributed by atoms with Crippen LogP contribution in [-0.4, -0.2) is 40.2 Å². The molecule has 0 aromatic carbocycles. The molecule has 4 heteroatoms. The standard InChI is InChI=1S/C11H23NO2S/c1-10(2,3)12(9(13)14)7-11(4,5)8-15-6/h7-8H2,1-6H3,(H,13,14). The van der Waals surface area contributed by atoms with Crippen LogP contribution >= 0.6 is 11.8 Å². The number of carbonyl (C=O) groups is 1. The Morgan fingerprint density at radius 1 is 1.27 bits per heavy atom. The molecule has 0 aromatic heterocycles. The topological polar surface area (TPSA) is 40.5 Å². The van der Waals surface area contributed by atoms with Gasteiger partial charge in [-0.2, -0.15) is 11.8 Å². The summed E-state index contributed by atoms with van der Waals surface area (Å²) in [6, 6.07) is 0. The van der Waals surface area contributed by atoms with Gasteiger partial charge in [0, 0.05) is 12.1 Å². The molecule has 0 aliphatic carbocycles. The van der Waals surface area contributed by atoms with Crippen LogP contribution in [0.3, 0.4) is 0 Å². The molecule has 0 aliphatic heterocycles. The van der Waals surface area contributed by atoms with Gasteiger partial charge in [0.15, 0.2) is 0 Å². The van der Waals surface area contributed by atoms with Gasteiger partial charge in [-0.1, -0.05) is 13.8 Å². The summed E-state index contributed by atoms with van der Waals surface area (Å²) in [5.41, 5.74) is -0.313. The number of rotatable bonds is 4. The lowest BCUT2D eigenvalue weighted by Crippen LogP contribution is -2.49. The van der Waals surface area contributed by atoms with Crippen LogP contribution < -0.4 is 0 Å². The second-order valence-corrected chi connectivity index (χ2v) is 6.50. The predicted molar refractivity (Wildman–Crippen MR) is 66.6 cm³/mol. The maximum atomic E-state index is 11.1. The fourth-order valence-corrected chi connectivity index (χ4v) is 2.33. The van der Waals surface area contributed by atoms with Crippen molar-refractivity contribution < 1.29 is 9.90 Å². The zero-order valence-corrected chi connectivity index (χ0v) is 11.4. The van der Waals surface area contributed by atoms with Crippen LogP contribution in [0.4, 0.5) is 4.79 Å². The van der Waals surface area contributed by atoms with Gasteiger partial charge in [0.1, 0.15) is 0 Å². The van der Waals surface area contributed by atoms with Gasteiger partial charge in [0.05, 0.1) is 0 Å². The van der Waals surface area contributed by atoms with E-state index in [1.54, 1.807) is 11.8 Å². The summed E-state index contributed by atoms with van der Waals surface area (Å²) in [6.07, 6.45) is 1.21. The molecular weight excluding hydrogens is 210 g/mol. The lowest BCUT2D eigenvalue weighted by Gasteiger charge is -2.39. The van der Waals surface area contributed by atoms with E-state index in [-0.39, 0.29) is 11.0 Å². The minimum atomic E-state index is -0.836. The molecular formula is C11H23NO2S. The number of thioether (sulfide) groups is 1. The van der Waals surface area contributed by atoms with Gasteiger partial charge in [0.25, 0.3) is 0 Å². The van der Waals surface area contributed by atoms with Crippen molar-refractivity contribution in [2.75, 3.05) is 18.6 Å². The van der Waals surface area contributed by atoms with Crippen LogP contribution in [0.2, 0.25) is 0 Å². The maximum absolute atomic E-state index is 11.1. The summed E-state index contributed by atoms with van der Waals surface area (Å²) in [6.45, 7) is 10.6. The normalized spacial score (nSPS) is 12.7. The first-order chi connectivity index (χ1) is 6.60. The lowest BCUT2D eigenvalue weighted by atomic mass is 9.93. The van der Waals surface area contributed by atoms with Crippen molar-refractivity contribution >= 4 is 17.9 Å². The highest BCUT2D eigenvalue weighted by Crippen LogP contribution is 2.25. The minimum Gasteiger partial charge on any atom is -0.465 e. The molecule has 0 atom stereocenters. The van der Waals surface area contributed by atoms with Crippen LogP contribution in [0.1, 0.15) is 34.6 Å². The van der Waals surface area contributed by atoms with E-state index < -0.39 is 6.09 Å². The molecule has 0 spiro atoms. The molecule has 0 saturated heterocycles. The fourth-order valence-electron chi connectivity index (χ4n) is 1.46. The molecule has 1 amide bonds. The van der Waals surface area contributed by atoms with Gasteiger partial charge in [0.2, 0.25) is 0 Å². The van der Waals surface area contributed by atoms with Gasteiger partial charge in [-0.25, -0.2) is 4.79 Å². The van der Waals surface area contributed by atoms with Crippen molar-refractivity contribution in [2.45, 2.75) is 40.2 Å². The molecule has 0 aliphatic rings. The van der Waals surface area contributed by atoms with Gasteiger partial charge in [-0.3, -0.25) is 0 Å².